The molecule has 0 spiro atoms. The number of aliphatic hydroxyl groups excluding tert-OH is 1. The summed E-state index contributed by atoms with van der Waals surface area (Å²) in [5.41, 5.74) is 2.26. The Labute approximate surface area is 127 Å². The Morgan fingerprint density at radius 2 is 2.14 bits per heavy atom. The second-order valence-corrected chi connectivity index (χ2v) is 5.46. The fraction of sp³-hybridized carbons (Fsp3) is 0.588. The van der Waals surface area contributed by atoms with Crippen LogP contribution >= 0.6 is 0 Å². The summed E-state index contributed by atoms with van der Waals surface area (Å²) in [7, 11) is 1.61. The number of hydrogen-bond donors (Lipinski definition) is 1. The lowest BCUT2D eigenvalue weighted by molar-refractivity contribution is -0.146. The van der Waals surface area contributed by atoms with Crippen LogP contribution in [0.25, 0.3) is 0 Å². The monoisotopic (exact) mass is 294 g/mol. The Morgan fingerprint density at radius 1 is 1.38 bits per heavy atom. The lowest BCUT2D eigenvalue weighted by Gasteiger charge is -2.19. The molecule has 4 heteroatoms. The van der Waals surface area contributed by atoms with Gasteiger partial charge >= 0.3 is 5.97 Å². The van der Waals surface area contributed by atoms with Crippen LogP contribution in [0.2, 0.25) is 0 Å². The minimum Gasteiger partial charge on any atom is -0.457 e. The molecule has 0 fully saturated rings. The van der Waals surface area contributed by atoms with Crippen molar-refractivity contribution in [3.8, 4) is 0 Å². The fourth-order valence-corrected chi connectivity index (χ4v) is 2.13. The molecule has 0 aromatic rings. The zero-order valence-electron chi connectivity index (χ0n) is 13.2. The van der Waals surface area contributed by atoms with Gasteiger partial charge in [-0.3, -0.25) is 0 Å². The van der Waals surface area contributed by atoms with Crippen LogP contribution in [-0.2, 0) is 14.3 Å². The summed E-state index contributed by atoms with van der Waals surface area (Å²) < 4.78 is 10.6. The summed E-state index contributed by atoms with van der Waals surface area (Å²) in [6, 6.07) is 0. The summed E-state index contributed by atoms with van der Waals surface area (Å²) in [4.78, 5) is 11.8. The molecule has 1 N–H and O–H groups in total. The molecule has 1 rings (SSSR count). The van der Waals surface area contributed by atoms with E-state index >= 15 is 0 Å². The molecule has 0 saturated carbocycles. The number of cyclic esters (lactones) is 1. The van der Waals surface area contributed by atoms with Crippen LogP contribution in [0.3, 0.4) is 0 Å². The van der Waals surface area contributed by atoms with Gasteiger partial charge < -0.3 is 14.6 Å². The average Bonchev–Trinajstić information content (AvgIpc) is 2.46. The summed E-state index contributed by atoms with van der Waals surface area (Å²) in [6.45, 7) is 3.80. The van der Waals surface area contributed by atoms with Gasteiger partial charge in [0.25, 0.3) is 0 Å². The Kier molecular flexibility index (Phi) is 8.01. The van der Waals surface area contributed by atoms with E-state index in [9.17, 15) is 9.90 Å². The predicted octanol–water partition coefficient (Wildman–Crippen LogP) is 2.93. The predicted molar refractivity (Wildman–Crippen MR) is 82.9 cm³/mol. The lowest BCUT2D eigenvalue weighted by atomic mass is 10.1. The van der Waals surface area contributed by atoms with Gasteiger partial charge in [0.05, 0.1) is 12.7 Å². The minimum absolute atomic E-state index is 0.160. The van der Waals surface area contributed by atoms with Gasteiger partial charge in [0.15, 0.2) is 0 Å². The minimum atomic E-state index is -0.545. The van der Waals surface area contributed by atoms with Crippen LogP contribution in [0.4, 0.5) is 0 Å². The number of methoxy groups -OCH3 is 1. The second kappa shape index (κ2) is 9.53. The number of allylic oxidation sites excluding steroid dienone is 4. The fourth-order valence-electron chi connectivity index (χ4n) is 2.13. The van der Waals surface area contributed by atoms with Crippen molar-refractivity contribution in [2.24, 2.45) is 0 Å². The van der Waals surface area contributed by atoms with Crippen molar-refractivity contribution < 1.29 is 19.4 Å². The maximum Gasteiger partial charge on any atom is 0.331 e. The molecule has 1 aliphatic heterocycles. The first-order chi connectivity index (χ1) is 10.0. The Morgan fingerprint density at radius 3 is 2.81 bits per heavy atom. The SMILES string of the molecule is CO[C@@H]1C=CCC/C(C)=C\C/C(C)=C\C(=O)O[C@@H](CO)C1. The van der Waals surface area contributed by atoms with Crippen LogP contribution in [-0.4, -0.2) is 37.0 Å². The molecule has 0 aliphatic carbocycles. The highest BCUT2D eigenvalue weighted by molar-refractivity contribution is 5.82. The van der Waals surface area contributed by atoms with Gasteiger partial charge in [0.1, 0.15) is 6.10 Å². The molecule has 4 nitrogen and oxygen atoms in total. The standard InChI is InChI=1S/C17H26O4/c1-13-6-4-5-7-15(20-3)11-16(12-18)21-17(19)10-14(2)9-8-13/h5,7-8,10,15-16,18H,4,6,9,11-12H2,1-3H3/b7-5?,13-8-,14-10-/t15-,16-/m1/s1. The van der Waals surface area contributed by atoms with Gasteiger partial charge in [0, 0.05) is 19.6 Å². The van der Waals surface area contributed by atoms with Crippen LogP contribution in [0, 0.1) is 0 Å². The van der Waals surface area contributed by atoms with Gasteiger partial charge in [0.2, 0.25) is 0 Å². The third kappa shape index (κ3) is 7.25. The first-order valence-electron chi connectivity index (χ1n) is 7.39. The number of hydrogen-bond acceptors (Lipinski definition) is 4. The van der Waals surface area contributed by atoms with E-state index in [2.05, 4.69) is 19.1 Å². The van der Waals surface area contributed by atoms with Crippen molar-refractivity contribution in [3.63, 3.8) is 0 Å². The summed E-state index contributed by atoms with van der Waals surface area (Å²) in [5, 5.41) is 9.34. The zero-order valence-corrected chi connectivity index (χ0v) is 13.2. The van der Waals surface area contributed by atoms with E-state index < -0.39 is 12.1 Å². The first kappa shape index (κ1) is 17.7. The van der Waals surface area contributed by atoms with E-state index in [0.717, 1.165) is 24.8 Å². The molecular formula is C17H26O4. The van der Waals surface area contributed by atoms with E-state index in [0.29, 0.717) is 6.42 Å². The maximum absolute atomic E-state index is 11.8. The maximum atomic E-state index is 11.8. The normalized spacial score (nSPS) is 30.6. The highest BCUT2D eigenvalue weighted by Gasteiger charge is 2.17. The van der Waals surface area contributed by atoms with Crippen molar-refractivity contribution in [2.45, 2.75) is 51.7 Å². The average molecular weight is 294 g/mol. The van der Waals surface area contributed by atoms with E-state index in [4.69, 9.17) is 9.47 Å². The third-order valence-corrected chi connectivity index (χ3v) is 3.48. The Bertz CT molecular complexity index is 421. The van der Waals surface area contributed by atoms with Gasteiger partial charge in [-0.2, -0.15) is 0 Å². The van der Waals surface area contributed by atoms with Gasteiger partial charge in [-0.05, 0) is 33.1 Å². The highest BCUT2D eigenvalue weighted by Crippen LogP contribution is 2.14. The number of aliphatic hydroxyl groups is 1. The third-order valence-electron chi connectivity index (χ3n) is 3.48. The molecule has 118 valence electrons. The Balaban J connectivity index is 2.87. The largest absolute Gasteiger partial charge is 0.457 e. The van der Waals surface area contributed by atoms with Crippen molar-refractivity contribution in [1.82, 2.24) is 0 Å². The molecule has 2 atom stereocenters. The molecule has 0 amide bonds. The van der Waals surface area contributed by atoms with E-state index in [1.165, 1.54) is 11.6 Å². The van der Waals surface area contributed by atoms with Crippen LogP contribution in [0.5, 0.6) is 0 Å². The quantitative estimate of drug-likeness (QED) is 0.628. The first-order valence-corrected chi connectivity index (χ1v) is 7.39. The molecular weight excluding hydrogens is 268 g/mol. The summed E-state index contributed by atoms with van der Waals surface area (Å²) >= 11 is 0. The van der Waals surface area contributed by atoms with Crippen molar-refractivity contribution in [3.05, 3.63) is 35.5 Å². The Hall–Kier alpha value is -1.39. The number of rotatable bonds is 2. The van der Waals surface area contributed by atoms with Crippen LogP contribution < -0.4 is 0 Å². The molecule has 0 aromatic heterocycles. The molecule has 1 heterocycles. The molecule has 0 bridgehead atoms. The van der Waals surface area contributed by atoms with Crippen LogP contribution in [0.1, 0.15) is 39.5 Å². The highest BCUT2D eigenvalue weighted by atomic mass is 16.6. The van der Waals surface area contributed by atoms with Gasteiger partial charge in [-0.25, -0.2) is 4.79 Å². The lowest BCUT2D eigenvalue weighted by Crippen LogP contribution is -2.26. The second-order valence-electron chi connectivity index (χ2n) is 5.46. The molecule has 0 saturated heterocycles. The van der Waals surface area contributed by atoms with E-state index in [-0.39, 0.29) is 12.7 Å². The number of carbonyl (C=O) groups excluding carboxylic acids is 1. The van der Waals surface area contributed by atoms with E-state index in [1.54, 1.807) is 7.11 Å². The number of esters is 1. The van der Waals surface area contributed by atoms with Gasteiger partial charge in [-0.15, -0.1) is 0 Å². The zero-order chi connectivity index (χ0) is 15.7. The molecule has 0 aromatic carbocycles. The topological polar surface area (TPSA) is 55.8 Å². The molecule has 0 unspecified atom stereocenters. The molecule has 1 aliphatic rings. The molecule has 0 radical (unpaired) electrons. The van der Waals surface area contributed by atoms with Crippen molar-refractivity contribution >= 4 is 5.97 Å². The molecule has 21 heavy (non-hydrogen) atoms. The smallest absolute Gasteiger partial charge is 0.331 e. The van der Waals surface area contributed by atoms with Gasteiger partial charge in [-0.1, -0.05) is 29.4 Å². The summed E-state index contributed by atoms with van der Waals surface area (Å²) in [6.07, 6.45) is 10.1. The number of ether oxygens (including phenoxy) is 2. The summed E-state index contributed by atoms with van der Waals surface area (Å²) in [5.74, 6) is -0.409. The van der Waals surface area contributed by atoms with E-state index in [1.807, 2.05) is 13.0 Å². The number of carbonyl (C=O) groups is 1. The van der Waals surface area contributed by atoms with Crippen molar-refractivity contribution in [2.75, 3.05) is 13.7 Å². The van der Waals surface area contributed by atoms with Crippen LogP contribution in [0.15, 0.2) is 35.5 Å². The van der Waals surface area contributed by atoms with Crippen molar-refractivity contribution in [1.29, 1.82) is 0 Å².